The zero-order valence-corrected chi connectivity index (χ0v) is 10.8. The molecule has 1 fully saturated rings. The summed E-state index contributed by atoms with van der Waals surface area (Å²) in [4.78, 5) is 13.8. The molecule has 1 aromatic rings. The van der Waals surface area contributed by atoms with Crippen LogP contribution in [0.4, 0.5) is 5.69 Å². The summed E-state index contributed by atoms with van der Waals surface area (Å²) in [6, 6.07) is 6.41. The van der Waals surface area contributed by atoms with Crippen molar-refractivity contribution in [3.8, 4) is 0 Å². The number of alkyl halides is 1. The highest BCUT2D eigenvalue weighted by Crippen LogP contribution is 2.47. The number of rotatable bonds is 2. The first-order valence-electron chi connectivity index (χ1n) is 5.70. The fourth-order valence-electron chi connectivity index (χ4n) is 2.32. The number of fused-ring (bicyclic) bond motifs is 1. The van der Waals surface area contributed by atoms with Crippen molar-refractivity contribution in [2.75, 3.05) is 11.9 Å². The van der Waals surface area contributed by atoms with Gasteiger partial charge in [-0.1, -0.05) is 28.1 Å². The van der Waals surface area contributed by atoms with E-state index in [-0.39, 0.29) is 5.91 Å². The normalized spacial score (nSPS) is 21.1. The minimum Gasteiger partial charge on any atom is -0.315 e. The van der Waals surface area contributed by atoms with Crippen LogP contribution in [-0.4, -0.2) is 13.0 Å². The maximum absolute atomic E-state index is 11.6. The second-order valence-corrected chi connectivity index (χ2v) is 5.74. The van der Waals surface area contributed by atoms with Crippen LogP contribution in [0.25, 0.3) is 0 Å². The number of carbonyl (C=O) groups excluding carboxylic acids is 1. The molecule has 0 spiro atoms. The molecule has 1 aliphatic heterocycles. The molecule has 0 N–H and O–H groups in total. The van der Waals surface area contributed by atoms with Crippen LogP contribution in [0, 0.1) is 5.92 Å². The average molecular weight is 280 g/mol. The first-order valence-corrected chi connectivity index (χ1v) is 6.62. The molecule has 2 nitrogen and oxygen atoms in total. The molecule has 16 heavy (non-hydrogen) atoms. The molecular weight excluding hydrogens is 266 g/mol. The summed E-state index contributed by atoms with van der Waals surface area (Å²) in [5.74, 6) is 0.998. The van der Waals surface area contributed by atoms with Crippen molar-refractivity contribution in [1.29, 1.82) is 0 Å². The van der Waals surface area contributed by atoms with Gasteiger partial charge in [-0.2, -0.15) is 0 Å². The van der Waals surface area contributed by atoms with Crippen molar-refractivity contribution in [3.05, 3.63) is 29.3 Å². The van der Waals surface area contributed by atoms with Gasteiger partial charge in [-0.25, -0.2) is 0 Å². The predicted octanol–water partition coefficient (Wildman–Crippen LogP) is 3.05. The van der Waals surface area contributed by atoms with E-state index in [0.717, 1.165) is 11.6 Å². The van der Waals surface area contributed by atoms with Crippen molar-refractivity contribution in [2.45, 2.75) is 24.1 Å². The second kappa shape index (κ2) is 3.59. The van der Waals surface area contributed by atoms with E-state index in [0.29, 0.717) is 11.2 Å². The lowest BCUT2D eigenvalue weighted by molar-refractivity contribution is -0.117. The molecule has 0 saturated heterocycles. The molecule has 1 atom stereocenters. The Hall–Kier alpha value is -0.830. The number of carbonyl (C=O) groups is 1. The van der Waals surface area contributed by atoms with Crippen LogP contribution in [0.5, 0.6) is 0 Å². The minimum atomic E-state index is 0.199. The summed E-state index contributed by atoms with van der Waals surface area (Å²) >= 11 is 3.75. The van der Waals surface area contributed by atoms with Crippen LogP contribution >= 0.6 is 15.9 Å². The zero-order chi connectivity index (χ0) is 11.3. The quantitative estimate of drug-likeness (QED) is 0.762. The Morgan fingerprint density at radius 3 is 2.88 bits per heavy atom. The van der Waals surface area contributed by atoms with Gasteiger partial charge in [-0.15, -0.1) is 0 Å². The van der Waals surface area contributed by atoms with Crippen LogP contribution in [0.3, 0.4) is 0 Å². The first kappa shape index (κ1) is 10.3. The third kappa shape index (κ3) is 1.58. The standard InChI is InChI=1S/C13H14BrNO/c1-15-11-5-4-9(13(14)8-2-3-8)6-10(11)7-12(15)16/h4-6,8,13H,2-3,7H2,1H3. The number of amides is 1. The highest BCUT2D eigenvalue weighted by Gasteiger charge is 2.32. The SMILES string of the molecule is CN1C(=O)Cc2cc(C(Br)C3CC3)ccc21. The lowest BCUT2D eigenvalue weighted by Gasteiger charge is -2.13. The van der Waals surface area contributed by atoms with E-state index in [1.54, 1.807) is 4.90 Å². The number of anilines is 1. The summed E-state index contributed by atoms with van der Waals surface area (Å²) in [6.45, 7) is 0. The molecular formula is C13H14BrNO. The molecule has 3 heteroatoms. The first-order chi connectivity index (χ1) is 7.66. The molecule has 1 heterocycles. The Morgan fingerprint density at radius 1 is 1.44 bits per heavy atom. The summed E-state index contributed by atoms with van der Waals surface area (Å²) in [7, 11) is 1.85. The minimum absolute atomic E-state index is 0.199. The van der Waals surface area contributed by atoms with Crippen molar-refractivity contribution in [1.82, 2.24) is 0 Å². The lowest BCUT2D eigenvalue weighted by atomic mass is 10.0. The van der Waals surface area contributed by atoms with Crippen LogP contribution in [0.15, 0.2) is 18.2 Å². The maximum Gasteiger partial charge on any atom is 0.231 e. The van der Waals surface area contributed by atoms with Crippen LogP contribution < -0.4 is 4.90 Å². The fraction of sp³-hybridized carbons (Fsp3) is 0.462. The van der Waals surface area contributed by atoms with E-state index in [2.05, 4.69) is 34.1 Å². The van der Waals surface area contributed by atoms with E-state index in [4.69, 9.17) is 0 Å². The number of hydrogen-bond donors (Lipinski definition) is 0. The molecule has 1 amide bonds. The number of hydrogen-bond acceptors (Lipinski definition) is 1. The van der Waals surface area contributed by atoms with Crippen molar-refractivity contribution < 1.29 is 4.79 Å². The lowest BCUT2D eigenvalue weighted by Crippen LogP contribution is -2.20. The Balaban J connectivity index is 1.94. The van der Waals surface area contributed by atoms with Gasteiger partial charge in [0.2, 0.25) is 5.91 Å². The molecule has 0 aromatic heterocycles. The highest BCUT2D eigenvalue weighted by molar-refractivity contribution is 9.09. The number of likely N-dealkylation sites (N-methyl/N-ethyl adjacent to an activating group) is 1. The Bertz CT molecular complexity index is 453. The molecule has 3 rings (SSSR count). The third-order valence-corrected chi connectivity index (χ3v) is 4.81. The molecule has 0 radical (unpaired) electrons. The van der Waals surface area contributed by atoms with Crippen molar-refractivity contribution in [2.24, 2.45) is 5.92 Å². The van der Waals surface area contributed by atoms with Crippen molar-refractivity contribution in [3.63, 3.8) is 0 Å². The summed E-state index contributed by atoms with van der Waals surface area (Å²) in [5, 5.41) is 0. The highest BCUT2D eigenvalue weighted by atomic mass is 79.9. The third-order valence-electron chi connectivity index (χ3n) is 3.54. The smallest absolute Gasteiger partial charge is 0.231 e. The van der Waals surface area contributed by atoms with Gasteiger partial charge in [0.25, 0.3) is 0 Å². The van der Waals surface area contributed by atoms with Gasteiger partial charge < -0.3 is 4.90 Å². The summed E-state index contributed by atoms with van der Waals surface area (Å²) in [6.07, 6.45) is 3.21. The van der Waals surface area contributed by atoms with Crippen LogP contribution in [-0.2, 0) is 11.2 Å². The molecule has 1 aromatic carbocycles. The van der Waals surface area contributed by atoms with E-state index in [1.165, 1.54) is 24.0 Å². The second-order valence-electron chi connectivity index (χ2n) is 4.76. The van der Waals surface area contributed by atoms with Gasteiger partial charge in [0.05, 0.1) is 6.42 Å². The number of halogens is 1. The maximum atomic E-state index is 11.6. The Labute approximate surface area is 104 Å². The van der Waals surface area contributed by atoms with Crippen LogP contribution in [0.1, 0.15) is 28.8 Å². The van der Waals surface area contributed by atoms with Gasteiger partial charge in [-0.3, -0.25) is 4.79 Å². The summed E-state index contributed by atoms with van der Waals surface area (Å²) in [5.41, 5.74) is 3.57. The topological polar surface area (TPSA) is 20.3 Å². The summed E-state index contributed by atoms with van der Waals surface area (Å²) < 4.78 is 0. The van der Waals surface area contributed by atoms with Crippen molar-refractivity contribution >= 4 is 27.5 Å². The average Bonchev–Trinajstić information content (AvgIpc) is 3.07. The molecule has 2 aliphatic rings. The molecule has 1 aliphatic carbocycles. The van der Waals surface area contributed by atoms with Crippen LogP contribution in [0.2, 0.25) is 0 Å². The largest absolute Gasteiger partial charge is 0.315 e. The van der Waals surface area contributed by atoms with E-state index < -0.39 is 0 Å². The Kier molecular flexibility index (Phi) is 2.32. The monoisotopic (exact) mass is 279 g/mol. The van der Waals surface area contributed by atoms with Gasteiger partial charge in [0, 0.05) is 17.6 Å². The van der Waals surface area contributed by atoms with Gasteiger partial charge in [-0.05, 0) is 36.0 Å². The number of benzene rings is 1. The fourth-order valence-corrected chi connectivity index (χ4v) is 3.14. The predicted molar refractivity (Wildman–Crippen MR) is 67.9 cm³/mol. The van der Waals surface area contributed by atoms with E-state index in [1.807, 2.05) is 7.05 Å². The zero-order valence-electron chi connectivity index (χ0n) is 9.24. The molecule has 84 valence electrons. The van der Waals surface area contributed by atoms with E-state index in [9.17, 15) is 4.79 Å². The Morgan fingerprint density at radius 2 is 2.19 bits per heavy atom. The van der Waals surface area contributed by atoms with E-state index >= 15 is 0 Å². The molecule has 1 saturated carbocycles. The van der Waals surface area contributed by atoms with Gasteiger partial charge in [0.1, 0.15) is 0 Å². The van der Waals surface area contributed by atoms with Gasteiger partial charge in [0.15, 0.2) is 0 Å². The number of nitrogens with zero attached hydrogens (tertiary/aromatic N) is 1. The molecule has 0 bridgehead atoms. The molecule has 1 unspecified atom stereocenters. The van der Waals surface area contributed by atoms with Gasteiger partial charge >= 0.3 is 0 Å².